The molecule has 1 fully saturated rings. The van der Waals surface area contributed by atoms with Crippen LogP contribution in [-0.2, 0) is 9.84 Å². The van der Waals surface area contributed by atoms with Gasteiger partial charge in [-0.2, -0.15) is 0 Å². The highest BCUT2D eigenvalue weighted by Crippen LogP contribution is 2.23. The standard InChI is InChI=1S/C10H13NO4S/c1-10(4-6-16(13,14)7-10)11-9(12)8-3-2-5-15-8/h2-3,5H,4,6-7H2,1H3,(H,11,12). The molecule has 0 aromatic carbocycles. The van der Waals surface area contributed by atoms with E-state index in [0.29, 0.717) is 6.42 Å². The van der Waals surface area contributed by atoms with Gasteiger partial charge in [0.2, 0.25) is 0 Å². The monoisotopic (exact) mass is 243 g/mol. The van der Waals surface area contributed by atoms with Crippen molar-refractivity contribution in [2.45, 2.75) is 18.9 Å². The molecule has 16 heavy (non-hydrogen) atoms. The fraction of sp³-hybridized carbons (Fsp3) is 0.500. The van der Waals surface area contributed by atoms with Crippen molar-refractivity contribution in [3.05, 3.63) is 24.2 Å². The Balaban J connectivity index is 2.09. The fourth-order valence-corrected chi connectivity index (χ4v) is 3.95. The van der Waals surface area contributed by atoms with E-state index in [1.54, 1.807) is 19.1 Å². The van der Waals surface area contributed by atoms with Gasteiger partial charge in [0, 0.05) is 0 Å². The Labute approximate surface area is 93.7 Å². The highest BCUT2D eigenvalue weighted by molar-refractivity contribution is 7.91. The summed E-state index contributed by atoms with van der Waals surface area (Å²) in [7, 11) is -3.01. The molecule has 1 saturated heterocycles. The van der Waals surface area contributed by atoms with Crippen LogP contribution in [0.1, 0.15) is 23.9 Å². The second-order valence-corrected chi connectivity index (χ2v) is 6.52. The lowest BCUT2D eigenvalue weighted by molar-refractivity contribution is 0.0887. The summed E-state index contributed by atoms with van der Waals surface area (Å²) in [6, 6.07) is 3.16. The van der Waals surface area contributed by atoms with Crippen LogP contribution in [0.2, 0.25) is 0 Å². The summed E-state index contributed by atoms with van der Waals surface area (Å²) in [4.78, 5) is 11.7. The van der Waals surface area contributed by atoms with E-state index >= 15 is 0 Å². The zero-order valence-corrected chi connectivity index (χ0v) is 9.71. The van der Waals surface area contributed by atoms with Gasteiger partial charge in [0.1, 0.15) is 0 Å². The first-order valence-electron chi connectivity index (χ1n) is 4.97. The topological polar surface area (TPSA) is 76.4 Å². The molecule has 88 valence electrons. The minimum atomic E-state index is -3.01. The predicted molar refractivity (Wildman–Crippen MR) is 57.9 cm³/mol. The number of rotatable bonds is 2. The van der Waals surface area contributed by atoms with Crippen molar-refractivity contribution in [3.8, 4) is 0 Å². The van der Waals surface area contributed by atoms with Gasteiger partial charge >= 0.3 is 0 Å². The van der Waals surface area contributed by atoms with Crippen molar-refractivity contribution in [1.29, 1.82) is 0 Å². The molecule has 1 amide bonds. The minimum Gasteiger partial charge on any atom is -0.459 e. The van der Waals surface area contributed by atoms with Crippen LogP contribution in [0.15, 0.2) is 22.8 Å². The second kappa shape index (κ2) is 3.62. The predicted octanol–water partition coefficient (Wildman–Crippen LogP) is 0.587. The molecule has 5 nitrogen and oxygen atoms in total. The molecule has 0 radical (unpaired) electrons. The molecule has 1 aromatic rings. The zero-order valence-electron chi connectivity index (χ0n) is 8.89. The molecule has 1 aromatic heterocycles. The number of sulfone groups is 1. The zero-order chi connectivity index (χ0) is 11.8. The Morgan fingerprint density at radius 2 is 2.31 bits per heavy atom. The number of carbonyl (C=O) groups is 1. The molecule has 1 unspecified atom stereocenters. The third-order valence-electron chi connectivity index (χ3n) is 2.66. The van der Waals surface area contributed by atoms with Crippen molar-refractivity contribution < 1.29 is 17.6 Å². The molecule has 0 spiro atoms. The van der Waals surface area contributed by atoms with E-state index in [4.69, 9.17) is 4.42 Å². The first-order chi connectivity index (χ1) is 7.40. The van der Waals surface area contributed by atoms with E-state index in [1.807, 2.05) is 0 Å². The summed E-state index contributed by atoms with van der Waals surface area (Å²) >= 11 is 0. The van der Waals surface area contributed by atoms with Crippen LogP contribution in [0.25, 0.3) is 0 Å². The molecule has 2 rings (SSSR count). The van der Waals surface area contributed by atoms with Gasteiger partial charge in [-0.3, -0.25) is 4.79 Å². The maximum absolute atomic E-state index is 11.7. The van der Waals surface area contributed by atoms with Gasteiger partial charge in [-0.25, -0.2) is 8.42 Å². The molecular weight excluding hydrogens is 230 g/mol. The van der Waals surface area contributed by atoms with Crippen molar-refractivity contribution in [1.82, 2.24) is 5.32 Å². The van der Waals surface area contributed by atoms with E-state index in [0.717, 1.165) is 0 Å². The van der Waals surface area contributed by atoms with Gasteiger partial charge in [-0.15, -0.1) is 0 Å². The van der Waals surface area contributed by atoms with Crippen LogP contribution in [0.4, 0.5) is 0 Å². The average Bonchev–Trinajstić information content (AvgIpc) is 2.73. The summed E-state index contributed by atoms with van der Waals surface area (Å²) in [6.07, 6.45) is 1.85. The number of amides is 1. The van der Waals surface area contributed by atoms with Crippen LogP contribution in [-0.4, -0.2) is 31.4 Å². The Kier molecular flexibility index (Phi) is 2.53. The summed E-state index contributed by atoms with van der Waals surface area (Å²) < 4.78 is 27.6. The lowest BCUT2D eigenvalue weighted by Gasteiger charge is -2.22. The number of carbonyl (C=O) groups excluding carboxylic acids is 1. The summed E-state index contributed by atoms with van der Waals surface area (Å²) in [6.45, 7) is 1.73. The number of hydrogen-bond donors (Lipinski definition) is 1. The van der Waals surface area contributed by atoms with Gasteiger partial charge in [-0.1, -0.05) is 0 Å². The van der Waals surface area contributed by atoms with Crippen LogP contribution in [0, 0.1) is 0 Å². The molecular formula is C10H13NO4S. The fourth-order valence-electron chi connectivity index (χ4n) is 1.85. The lowest BCUT2D eigenvalue weighted by Crippen LogP contribution is -2.46. The third kappa shape index (κ3) is 2.27. The summed E-state index contributed by atoms with van der Waals surface area (Å²) in [5.41, 5.74) is -0.678. The molecule has 1 aliphatic rings. The van der Waals surface area contributed by atoms with Gasteiger partial charge in [0.15, 0.2) is 15.6 Å². The van der Waals surface area contributed by atoms with Crippen molar-refractivity contribution in [3.63, 3.8) is 0 Å². The molecule has 0 bridgehead atoms. The quantitative estimate of drug-likeness (QED) is 0.824. The van der Waals surface area contributed by atoms with E-state index in [-0.39, 0.29) is 23.2 Å². The lowest BCUT2D eigenvalue weighted by atomic mass is 10.0. The number of nitrogens with one attached hydrogen (secondary N) is 1. The van der Waals surface area contributed by atoms with Crippen molar-refractivity contribution in [2.24, 2.45) is 0 Å². The molecule has 1 N–H and O–H groups in total. The smallest absolute Gasteiger partial charge is 0.287 e. The molecule has 1 atom stereocenters. The maximum Gasteiger partial charge on any atom is 0.287 e. The maximum atomic E-state index is 11.7. The number of hydrogen-bond acceptors (Lipinski definition) is 4. The van der Waals surface area contributed by atoms with E-state index in [1.165, 1.54) is 6.26 Å². The number of furan rings is 1. The highest BCUT2D eigenvalue weighted by atomic mass is 32.2. The largest absolute Gasteiger partial charge is 0.459 e. The highest BCUT2D eigenvalue weighted by Gasteiger charge is 2.39. The van der Waals surface area contributed by atoms with Gasteiger partial charge in [0.05, 0.1) is 23.3 Å². The van der Waals surface area contributed by atoms with Gasteiger partial charge < -0.3 is 9.73 Å². The average molecular weight is 243 g/mol. The summed E-state index contributed by atoms with van der Waals surface area (Å²) in [5, 5.41) is 2.70. The third-order valence-corrected chi connectivity index (χ3v) is 4.57. The Bertz CT molecular complexity index is 491. The van der Waals surface area contributed by atoms with Crippen LogP contribution >= 0.6 is 0 Å². The van der Waals surface area contributed by atoms with Crippen LogP contribution in [0.5, 0.6) is 0 Å². The van der Waals surface area contributed by atoms with Crippen molar-refractivity contribution >= 4 is 15.7 Å². The van der Waals surface area contributed by atoms with E-state index < -0.39 is 15.4 Å². The first-order valence-corrected chi connectivity index (χ1v) is 6.79. The Morgan fingerprint density at radius 1 is 1.56 bits per heavy atom. The van der Waals surface area contributed by atoms with Crippen molar-refractivity contribution in [2.75, 3.05) is 11.5 Å². The van der Waals surface area contributed by atoms with Gasteiger partial charge in [-0.05, 0) is 25.5 Å². The molecule has 1 aliphatic heterocycles. The van der Waals surface area contributed by atoms with E-state index in [9.17, 15) is 13.2 Å². The van der Waals surface area contributed by atoms with Crippen LogP contribution < -0.4 is 5.32 Å². The van der Waals surface area contributed by atoms with E-state index in [2.05, 4.69) is 5.32 Å². The normalized spacial score (nSPS) is 27.8. The second-order valence-electron chi connectivity index (χ2n) is 4.33. The van der Waals surface area contributed by atoms with Gasteiger partial charge in [0.25, 0.3) is 5.91 Å². The van der Waals surface area contributed by atoms with Crippen LogP contribution in [0.3, 0.4) is 0 Å². The SMILES string of the molecule is CC1(NC(=O)c2ccco2)CCS(=O)(=O)C1. The Hall–Kier alpha value is -1.30. The molecule has 0 aliphatic carbocycles. The molecule has 2 heterocycles. The molecule has 0 saturated carbocycles. The summed E-state index contributed by atoms with van der Waals surface area (Å²) in [5.74, 6) is -0.0518. The minimum absolute atomic E-state index is 0.00749. The first kappa shape index (κ1) is 11.2. The Morgan fingerprint density at radius 3 is 2.81 bits per heavy atom. The molecule has 6 heteroatoms.